The number of aliphatic hydroxyl groups is 1. The highest BCUT2D eigenvalue weighted by molar-refractivity contribution is 5.87. The molecule has 0 aliphatic rings. The average Bonchev–Trinajstić information content (AvgIpc) is 2.53. The van der Waals surface area contributed by atoms with E-state index >= 15 is 0 Å². The number of methoxy groups -OCH3 is 1. The third-order valence-electron chi connectivity index (χ3n) is 3.33. The van der Waals surface area contributed by atoms with Crippen LogP contribution in [0.15, 0.2) is 41.2 Å². The number of rotatable bonds is 6. The van der Waals surface area contributed by atoms with Gasteiger partial charge in [0.05, 0.1) is 12.8 Å². The van der Waals surface area contributed by atoms with E-state index in [9.17, 15) is 9.59 Å². The number of hydrogen-bond donors (Lipinski definition) is 2. The van der Waals surface area contributed by atoms with E-state index in [1.54, 1.807) is 37.4 Å². The first-order valence-corrected chi connectivity index (χ1v) is 6.81. The summed E-state index contributed by atoms with van der Waals surface area (Å²) < 4.78 is 6.47. The van der Waals surface area contributed by atoms with Gasteiger partial charge in [-0.1, -0.05) is 0 Å². The Bertz CT molecular complexity index is 718. The van der Waals surface area contributed by atoms with Crippen molar-refractivity contribution in [2.75, 3.05) is 13.7 Å². The fourth-order valence-electron chi connectivity index (χ4n) is 2.21. The SMILES string of the molecule is COc1ccc(-c2ccc(C(=O)O)c(=O)n2CCCO)cc1. The van der Waals surface area contributed by atoms with Crippen LogP contribution in [0.5, 0.6) is 5.75 Å². The lowest BCUT2D eigenvalue weighted by Gasteiger charge is -2.14. The van der Waals surface area contributed by atoms with Crippen LogP contribution in [0.2, 0.25) is 0 Å². The number of aromatic nitrogens is 1. The Balaban J connectivity index is 2.55. The lowest BCUT2D eigenvalue weighted by Crippen LogP contribution is -2.27. The number of ether oxygens (including phenoxy) is 1. The first kappa shape index (κ1) is 15.8. The van der Waals surface area contributed by atoms with Gasteiger partial charge in [-0.15, -0.1) is 0 Å². The molecule has 1 aromatic heterocycles. The lowest BCUT2D eigenvalue weighted by molar-refractivity contribution is 0.0694. The summed E-state index contributed by atoms with van der Waals surface area (Å²) in [5.41, 5.74) is 0.517. The van der Waals surface area contributed by atoms with Gasteiger partial charge in [0.25, 0.3) is 5.56 Å². The summed E-state index contributed by atoms with van der Waals surface area (Å²) in [6.45, 7) is 0.170. The largest absolute Gasteiger partial charge is 0.497 e. The van der Waals surface area contributed by atoms with Crippen molar-refractivity contribution in [3.8, 4) is 17.0 Å². The molecule has 0 unspecified atom stereocenters. The Morgan fingerprint density at radius 2 is 1.86 bits per heavy atom. The van der Waals surface area contributed by atoms with E-state index in [1.807, 2.05) is 0 Å². The van der Waals surface area contributed by atoms with Gasteiger partial charge in [0.2, 0.25) is 0 Å². The monoisotopic (exact) mass is 303 g/mol. The van der Waals surface area contributed by atoms with Gasteiger partial charge in [0, 0.05) is 13.2 Å². The Labute approximate surface area is 127 Å². The van der Waals surface area contributed by atoms with Gasteiger partial charge in [-0.2, -0.15) is 0 Å². The zero-order valence-corrected chi connectivity index (χ0v) is 12.2. The van der Waals surface area contributed by atoms with Crippen molar-refractivity contribution in [1.82, 2.24) is 4.57 Å². The molecule has 0 atom stereocenters. The molecular weight excluding hydrogens is 286 g/mol. The molecule has 0 spiro atoms. The molecule has 1 heterocycles. The van der Waals surface area contributed by atoms with Crippen molar-refractivity contribution < 1.29 is 19.7 Å². The fourth-order valence-corrected chi connectivity index (χ4v) is 2.21. The Morgan fingerprint density at radius 1 is 1.18 bits per heavy atom. The first-order chi connectivity index (χ1) is 10.6. The third-order valence-corrected chi connectivity index (χ3v) is 3.33. The second-order valence-corrected chi connectivity index (χ2v) is 4.70. The molecule has 2 N–H and O–H groups in total. The number of benzene rings is 1. The smallest absolute Gasteiger partial charge is 0.341 e. The van der Waals surface area contributed by atoms with Crippen molar-refractivity contribution in [2.24, 2.45) is 0 Å². The molecule has 0 saturated carbocycles. The quantitative estimate of drug-likeness (QED) is 0.846. The fraction of sp³-hybridized carbons (Fsp3) is 0.250. The highest BCUT2D eigenvalue weighted by Gasteiger charge is 2.14. The van der Waals surface area contributed by atoms with Gasteiger partial charge >= 0.3 is 5.97 Å². The van der Waals surface area contributed by atoms with Gasteiger partial charge in [-0.25, -0.2) is 4.79 Å². The number of carbonyl (C=O) groups is 1. The van der Waals surface area contributed by atoms with Crippen molar-refractivity contribution in [3.63, 3.8) is 0 Å². The van der Waals surface area contributed by atoms with Crippen LogP contribution in [-0.4, -0.2) is 34.5 Å². The zero-order valence-electron chi connectivity index (χ0n) is 12.2. The Morgan fingerprint density at radius 3 is 2.41 bits per heavy atom. The third kappa shape index (κ3) is 3.17. The molecule has 2 aromatic rings. The predicted molar refractivity (Wildman–Crippen MR) is 81.4 cm³/mol. The zero-order chi connectivity index (χ0) is 16.1. The van der Waals surface area contributed by atoms with Crippen LogP contribution in [0.3, 0.4) is 0 Å². The number of carboxylic acids is 1. The summed E-state index contributed by atoms with van der Waals surface area (Å²) >= 11 is 0. The molecule has 0 radical (unpaired) electrons. The highest BCUT2D eigenvalue weighted by atomic mass is 16.5. The van der Waals surface area contributed by atoms with Crippen LogP contribution in [0.1, 0.15) is 16.8 Å². The minimum absolute atomic E-state index is 0.0776. The number of nitrogens with zero attached hydrogens (tertiary/aromatic N) is 1. The molecule has 0 amide bonds. The molecule has 0 saturated heterocycles. The summed E-state index contributed by atoms with van der Waals surface area (Å²) in [6.07, 6.45) is 0.367. The summed E-state index contributed by atoms with van der Waals surface area (Å²) in [7, 11) is 1.56. The minimum atomic E-state index is -1.26. The lowest BCUT2D eigenvalue weighted by atomic mass is 10.1. The van der Waals surface area contributed by atoms with Crippen LogP contribution in [-0.2, 0) is 6.54 Å². The van der Waals surface area contributed by atoms with Crippen LogP contribution in [0.25, 0.3) is 11.3 Å². The van der Waals surface area contributed by atoms with Gasteiger partial charge in [-0.05, 0) is 48.4 Å². The summed E-state index contributed by atoms with van der Waals surface area (Å²) in [4.78, 5) is 23.4. The molecular formula is C16H17NO5. The average molecular weight is 303 g/mol. The normalized spacial score (nSPS) is 10.5. The Hall–Kier alpha value is -2.60. The topological polar surface area (TPSA) is 88.8 Å². The standard InChI is InChI=1S/C16H17NO5/c1-22-12-5-3-11(4-6-12)14-8-7-13(16(20)21)15(19)17(14)9-2-10-18/h3-8,18H,2,9-10H2,1H3,(H,20,21). The van der Waals surface area contributed by atoms with Crippen LogP contribution in [0.4, 0.5) is 0 Å². The van der Waals surface area contributed by atoms with Crippen LogP contribution in [0, 0.1) is 0 Å². The van der Waals surface area contributed by atoms with E-state index in [2.05, 4.69) is 0 Å². The highest BCUT2D eigenvalue weighted by Crippen LogP contribution is 2.22. The molecule has 0 aliphatic carbocycles. The van der Waals surface area contributed by atoms with Crippen molar-refractivity contribution >= 4 is 5.97 Å². The second-order valence-electron chi connectivity index (χ2n) is 4.70. The molecule has 1 aromatic carbocycles. The van der Waals surface area contributed by atoms with Gasteiger partial charge in [0.1, 0.15) is 11.3 Å². The maximum Gasteiger partial charge on any atom is 0.341 e. The van der Waals surface area contributed by atoms with Crippen LogP contribution >= 0.6 is 0 Å². The van der Waals surface area contributed by atoms with E-state index in [-0.39, 0.29) is 18.7 Å². The molecule has 0 bridgehead atoms. The van der Waals surface area contributed by atoms with Crippen LogP contribution < -0.4 is 10.3 Å². The van der Waals surface area contributed by atoms with E-state index in [0.717, 1.165) is 5.56 Å². The first-order valence-electron chi connectivity index (χ1n) is 6.81. The van der Waals surface area contributed by atoms with Crippen molar-refractivity contribution in [1.29, 1.82) is 0 Å². The molecule has 116 valence electrons. The van der Waals surface area contributed by atoms with Gasteiger partial charge in [-0.3, -0.25) is 4.79 Å². The van der Waals surface area contributed by atoms with E-state index in [1.165, 1.54) is 10.6 Å². The number of hydrogen-bond acceptors (Lipinski definition) is 4. The maximum absolute atomic E-state index is 12.3. The van der Waals surface area contributed by atoms with E-state index in [0.29, 0.717) is 17.9 Å². The van der Waals surface area contributed by atoms with E-state index in [4.69, 9.17) is 14.9 Å². The number of carboxylic acid groups (broad SMARTS) is 1. The predicted octanol–water partition coefficient (Wildman–Crippen LogP) is 1.60. The summed E-state index contributed by atoms with van der Waals surface area (Å²) in [5.74, 6) is -0.570. The van der Waals surface area contributed by atoms with E-state index < -0.39 is 11.5 Å². The summed E-state index contributed by atoms with van der Waals surface area (Å²) in [6, 6.07) is 10.0. The number of pyridine rings is 1. The Kier molecular flexibility index (Phi) is 4.95. The number of aromatic carboxylic acids is 1. The second kappa shape index (κ2) is 6.91. The molecule has 6 heteroatoms. The minimum Gasteiger partial charge on any atom is -0.497 e. The van der Waals surface area contributed by atoms with Gasteiger partial charge < -0.3 is 19.5 Å². The summed E-state index contributed by atoms with van der Waals surface area (Å²) in [5, 5.41) is 18.0. The molecule has 0 fully saturated rings. The maximum atomic E-state index is 12.3. The van der Waals surface area contributed by atoms with Crippen molar-refractivity contribution in [2.45, 2.75) is 13.0 Å². The molecule has 6 nitrogen and oxygen atoms in total. The molecule has 0 aliphatic heterocycles. The number of aliphatic hydroxyl groups excluding tert-OH is 1. The van der Waals surface area contributed by atoms with Crippen molar-refractivity contribution in [3.05, 3.63) is 52.3 Å². The van der Waals surface area contributed by atoms with Gasteiger partial charge in [0.15, 0.2) is 0 Å². The molecule has 22 heavy (non-hydrogen) atoms. The molecule has 2 rings (SSSR count).